The van der Waals surface area contributed by atoms with Gasteiger partial charge in [-0.3, -0.25) is 4.79 Å². The molecule has 9 heteroatoms. The van der Waals surface area contributed by atoms with Crippen LogP contribution >= 0.6 is 0 Å². The van der Waals surface area contributed by atoms with Crippen LogP contribution in [0.2, 0.25) is 0 Å². The van der Waals surface area contributed by atoms with Crippen molar-refractivity contribution in [1.29, 1.82) is 0 Å². The van der Waals surface area contributed by atoms with Crippen LogP contribution in [-0.2, 0) is 20.4 Å². The monoisotopic (exact) mass is 313 g/mol. The van der Waals surface area contributed by atoms with Gasteiger partial charge in [-0.05, 0) is 20.8 Å². The van der Waals surface area contributed by atoms with Crippen LogP contribution in [0.15, 0.2) is 21.2 Å². The molecule has 0 aliphatic heterocycles. The fourth-order valence-electron chi connectivity index (χ4n) is 1.63. The first-order valence-electron chi connectivity index (χ1n) is 6.16. The summed E-state index contributed by atoms with van der Waals surface area (Å²) in [4.78, 5) is 11.9. The van der Waals surface area contributed by atoms with Crippen LogP contribution in [0.5, 0.6) is 0 Å². The molecule has 114 valence electrons. The SMILES string of the molecule is Cc1cc(CS(=O)(=O)[C@@H](C)C(=O)Nc2cc(C)on2)no1. The molecule has 0 saturated heterocycles. The number of rotatable bonds is 5. The quantitative estimate of drug-likeness (QED) is 0.882. The predicted octanol–water partition coefficient (Wildman–Crippen LogP) is 1.22. The molecule has 2 heterocycles. The second kappa shape index (κ2) is 5.68. The van der Waals surface area contributed by atoms with Crippen LogP contribution in [0.1, 0.15) is 24.1 Å². The Hall–Kier alpha value is -2.16. The highest BCUT2D eigenvalue weighted by molar-refractivity contribution is 7.92. The molecule has 1 amide bonds. The molecule has 0 aromatic carbocycles. The number of nitrogens with one attached hydrogen (secondary N) is 1. The lowest BCUT2D eigenvalue weighted by Crippen LogP contribution is -2.33. The van der Waals surface area contributed by atoms with E-state index in [-0.39, 0.29) is 17.3 Å². The van der Waals surface area contributed by atoms with Crippen molar-refractivity contribution in [3.05, 3.63) is 29.3 Å². The fourth-order valence-corrected chi connectivity index (χ4v) is 2.82. The van der Waals surface area contributed by atoms with Gasteiger partial charge in [0, 0.05) is 12.1 Å². The van der Waals surface area contributed by atoms with Gasteiger partial charge < -0.3 is 14.4 Å². The lowest BCUT2D eigenvalue weighted by Gasteiger charge is -2.10. The summed E-state index contributed by atoms with van der Waals surface area (Å²) in [6, 6.07) is 3.02. The van der Waals surface area contributed by atoms with E-state index < -0.39 is 21.0 Å². The summed E-state index contributed by atoms with van der Waals surface area (Å²) in [5.41, 5.74) is 0.268. The summed E-state index contributed by atoms with van der Waals surface area (Å²) in [5.74, 6) is 0.158. The van der Waals surface area contributed by atoms with E-state index in [1.165, 1.54) is 19.1 Å². The second-order valence-corrected chi connectivity index (χ2v) is 7.01. The molecule has 2 rings (SSSR count). The van der Waals surface area contributed by atoms with E-state index in [4.69, 9.17) is 9.05 Å². The molecule has 2 aromatic heterocycles. The minimum atomic E-state index is -3.71. The Labute approximate surface area is 121 Å². The van der Waals surface area contributed by atoms with Gasteiger partial charge in [0.05, 0.1) is 11.4 Å². The van der Waals surface area contributed by atoms with Crippen LogP contribution in [-0.4, -0.2) is 29.9 Å². The Morgan fingerprint density at radius 1 is 1.24 bits per heavy atom. The standard InChI is InChI=1S/C12H15N3O5S/c1-7-4-10(14-19-7)6-21(17,18)9(3)12(16)13-11-5-8(2)20-15-11/h4-5,9H,6H2,1-3H3,(H,13,15,16)/t9-/m0/s1. The minimum Gasteiger partial charge on any atom is -0.361 e. The molecule has 0 unspecified atom stereocenters. The molecule has 8 nitrogen and oxygen atoms in total. The Bertz CT molecular complexity index is 747. The van der Waals surface area contributed by atoms with Crippen molar-refractivity contribution in [3.8, 4) is 0 Å². The molecule has 0 radical (unpaired) electrons. The second-order valence-electron chi connectivity index (χ2n) is 4.69. The molecule has 1 N–H and O–H groups in total. The molecule has 0 aliphatic carbocycles. The molecule has 0 saturated carbocycles. The maximum Gasteiger partial charge on any atom is 0.243 e. The smallest absolute Gasteiger partial charge is 0.243 e. The number of hydrogen-bond acceptors (Lipinski definition) is 7. The number of anilines is 1. The molecule has 0 spiro atoms. The first-order chi connectivity index (χ1) is 9.78. The van der Waals surface area contributed by atoms with E-state index in [0.717, 1.165) is 0 Å². The summed E-state index contributed by atoms with van der Waals surface area (Å²) in [6.45, 7) is 4.63. The van der Waals surface area contributed by atoms with E-state index >= 15 is 0 Å². The van der Waals surface area contributed by atoms with Gasteiger partial charge in [-0.1, -0.05) is 10.3 Å². The van der Waals surface area contributed by atoms with E-state index in [0.29, 0.717) is 11.5 Å². The van der Waals surface area contributed by atoms with Crippen LogP contribution in [0.25, 0.3) is 0 Å². The third-order valence-corrected chi connectivity index (χ3v) is 4.80. The van der Waals surface area contributed by atoms with Crippen LogP contribution < -0.4 is 5.32 Å². The van der Waals surface area contributed by atoms with Crippen molar-refractivity contribution in [2.45, 2.75) is 31.8 Å². The van der Waals surface area contributed by atoms with Crippen molar-refractivity contribution in [3.63, 3.8) is 0 Å². The number of nitrogens with zero attached hydrogens (tertiary/aromatic N) is 2. The number of hydrogen-bond donors (Lipinski definition) is 1. The molecular formula is C12H15N3O5S. The first kappa shape index (κ1) is 15.2. The molecule has 0 fully saturated rings. The largest absolute Gasteiger partial charge is 0.361 e. The average molecular weight is 313 g/mol. The summed E-state index contributed by atoms with van der Waals surface area (Å²) in [7, 11) is -3.71. The number of carbonyl (C=O) groups is 1. The maximum absolute atomic E-state index is 12.2. The topological polar surface area (TPSA) is 115 Å². The van der Waals surface area contributed by atoms with E-state index in [9.17, 15) is 13.2 Å². The number of carbonyl (C=O) groups excluding carboxylic acids is 1. The number of aryl methyl sites for hydroxylation is 2. The van der Waals surface area contributed by atoms with Gasteiger partial charge in [-0.25, -0.2) is 8.42 Å². The highest BCUT2D eigenvalue weighted by Crippen LogP contribution is 2.14. The van der Waals surface area contributed by atoms with Gasteiger partial charge in [0.2, 0.25) is 5.91 Å². The van der Waals surface area contributed by atoms with E-state index in [1.807, 2.05) is 0 Å². The summed E-state index contributed by atoms with van der Waals surface area (Å²) < 4.78 is 33.9. The maximum atomic E-state index is 12.2. The average Bonchev–Trinajstić information content (AvgIpc) is 2.97. The molecule has 0 aliphatic rings. The van der Waals surface area contributed by atoms with Crippen molar-refractivity contribution in [2.75, 3.05) is 5.32 Å². The zero-order valence-corrected chi connectivity index (χ0v) is 12.6. The van der Waals surface area contributed by atoms with Gasteiger partial charge >= 0.3 is 0 Å². The van der Waals surface area contributed by atoms with Crippen LogP contribution in [0.4, 0.5) is 5.82 Å². The zero-order valence-electron chi connectivity index (χ0n) is 11.8. The molecule has 1 atom stereocenters. The lowest BCUT2D eigenvalue weighted by molar-refractivity contribution is -0.115. The number of aromatic nitrogens is 2. The van der Waals surface area contributed by atoms with Crippen molar-refractivity contribution in [2.24, 2.45) is 0 Å². The Balaban J connectivity index is 2.06. The lowest BCUT2D eigenvalue weighted by atomic mass is 10.4. The highest BCUT2D eigenvalue weighted by atomic mass is 32.2. The highest BCUT2D eigenvalue weighted by Gasteiger charge is 2.29. The van der Waals surface area contributed by atoms with E-state index in [2.05, 4.69) is 15.6 Å². The van der Waals surface area contributed by atoms with Gasteiger partial charge in [0.25, 0.3) is 0 Å². The number of amides is 1. The van der Waals surface area contributed by atoms with Crippen molar-refractivity contribution in [1.82, 2.24) is 10.3 Å². The molecule has 21 heavy (non-hydrogen) atoms. The predicted molar refractivity (Wildman–Crippen MR) is 73.2 cm³/mol. The zero-order chi connectivity index (χ0) is 15.6. The van der Waals surface area contributed by atoms with Gasteiger partial charge in [-0.2, -0.15) is 0 Å². The summed E-state index contributed by atoms with van der Waals surface area (Å²) in [6.07, 6.45) is 0. The Morgan fingerprint density at radius 2 is 1.86 bits per heavy atom. The third-order valence-electron chi connectivity index (χ3n) is 2.81. The molecule has 0 bridgehead atoms. The Kier molecular flexibility index (Phi) is 4.12. The van der Waals surface area contributed by atoms with Crippen LogP contribution in [0.3, 0.4) is 0 Å². The first-order valence-corrected chi connectivity index (χ1v) is 7.87. The summed E-state index contributed by atoms with van der Waals surface area (Å²) in [5, 5.41) is 8.34. The summed E-state index contributed by atoms with van der Waals surface area (Å²) >= 11 is 0. The Morgan fingerprint density at radius 3 is 2.38 bits per heavy atom. The number of sulfone groups is 1. The van der Waals surface area contributed by atoms with Gasteiger partial charge in [0.1, 0.15) is 16.8 Å². The minimum absolute atomic E-state index is 0.178. The van der Waals surface area contributed by atoms with Crippen LogP contribution in [0, 0.1) is 13.8 Å². The van der Waals surface area contributed by atoms with Crippen molar-refractivity contribution < 1.29 is 22.3 Å². The normalized spacial score (nSPS) is 13.1. The molecular weight excluding hydrogens is 298 g/mol. The molecule has 2 aromatic rings. The fraction of sp³-hybridized carbons (Fsp3) is 0.417. The third kappa shape index (κ3) is 3.69. The van der Waals surface area contributed by atoms with E-state index in [1.54, 1.807) is 13.8 Å². The van der Waals surface area contributed by atoms with Gasteiger partial charge in [0.15, 0.2) is 15.7 Å². The van der Waals surface area contributed by atoms with Crippen molar-refractivity contribution >= 4 is 21.6 Å². The van der Waals surface area contributed by atoms with Gasteiger partial charge in [-0.15, -0.1) is 0 Å².